The minimum absolute atomic E-state index is 0. The van der Waals surface area contributed by atoms with Crippen molar-refractivity contribution in [3.05, 3.63) is 29.3 Å². The molecular formula is C15H14ClN3O4S. The molecule has 0 radical (unpaired) electrons. The number of carbonyl (C=O) groups is 2. The quantitative estimate of drug-likeness (QED) is 0.837. The van der Waals surface area contributed by atoms with Crippen LogP contribution in [-0.4, -0.2) is 28.5 Å². The number of ether oxygens (including phenoxy) is 2. The molecule has 7 nitrogen and oxygen atoms in total. The lowest BCUT2D eigenvalue weighted by Gasteiger charge is -2.11. The molecule has 1 N–H and O–H groups in total. The molecule has 2 amide bonds. The SMILES string of the molecule is Cl.O=C1CCC(=O)N1Cc1csc(Nc2ccc3c(c2)OCO3)n1. The zero-order chi connectivity index (χ0) is 15.8. The van der Waals surface area contributed by atoms with Gasteiger partial charge in [0.1, 0.15) is 0 Å². The highest BCUT2D eigenvalue weighted by atomic mass is 35.5. The second-order valence-electron chi connectivity index (χ2n) is 5.21. The number of rotatable bonds is 4. The molecule has 2 aliphatic heterocycles. The molecule has 2 aliphatic rings. The van der Waals surface area contributed by atoms with Gasteiger partial charge in [0.05, 0.1) is 12.2 Å². The number of likely N-dealkylation sites (tertiary alicyclic amines) is 1. The Morgan fingerprint density at radius 3 is 2.71 bits per heavy atom. The van der Waals surface area contributed by atoms with Gasteiger partial charge in [-0.1, -0.05) is 0 Å². The summed E-state index contributed by atoms with van der Waals surface area (Å²) in [7, 11) is 0. The van der Waals surface area contributed by atoms with Crippen LogP contribution in [0.4, 0.5) is 10.8 Å². The Hall–Kier alpha value is -2.32. The molecule has 0 aliphatic carbocycles. The van der Waals surface area contributed by atoms with Crippen LogP contribution in [0.25, 0.3) is 0 Å². The van der Waals surface area contributed by atoms with Crippen molar-refractivity contribution in [3.8, 4) is 11.5 Å². The van der Waals surface area contributed by atoms with Gasteiger partial charge in [-0.25, -0.2) is 4.98 Å². The number of carbonyl (C=O) groups excluding carboxylic acids is 2. The number of halogens is 1. The monoisotopic (exact) mass is 367 g/mol. The molecule has 1 aromatic carbocycles. The van der Waals surface area contributed by atoms with E-state index in [2.05, 4.69) is 10.3 Å². The highest BCUT2D eigenvalue weighted by molar-refractivity contribution is 7.13. The summed E-state index contributed by atoms with van der Waals surface area (Å²) in [6.45, 7) is 0.467. The molecule has 9 heteroatoms. The number of benzene rings is 1. The van der Waals surface area contributed by atoms with Crippen molar-refractivity contribution in [2.45, 2.75) is 19.4 Å². The molecule has 1 aromatic heterocycles. The molecule has 0 saturated carbocycles. The van der Waals surface area contributed by atoms with Gasteiger partial charge in [-0.2, -0.15) is 0 Å². The third-order valence-corrected chi connectivity index (χ3v) is 4.46. The number of nitrogens with one attached hydrogen (secondary N) is 1. The Kier molecular flexibility index (Phi) is 4.59. The summed E-state index contributed by atoms with van der Waals surface area (Å²) in [5.74, 6) is 1.16. The molecule has 3 heterocycles. The first kappa shape index (κ1) is 16.5. The van der Waals surface area contributed by atoms with Gasteiger partial charge in [-0.15, -0.1) is 23.7 Å². The lowest BCUT2D eigenvalue weighted by Crippen LogP contribution is -2.28. The van der Waals surface area contributed by atoms with Gasteiger partial charge in [0.25, 0.3) is 0 Å². The van der Waals surface area contributed by atoms with Crippen LogP contribution >= 0.6 is 23.7 Å². The van der Waals surface area contributed by atoms with Gasteiger partial charge in [0, 0.05) is 30.0 Å². The number of thiazole rings is 1. The van der Waals surface area contributed by atoms with Crippen molar-refractivity contribution in [1.29, 1.82) is 0 Å². The molecule has 0 atom stereocenters. The first-order chi connectivity index (χ1) is 11.2. The van der Waals surface area contributed by atoms with Crippen molar-refractivity contribution >= 4 is 46.4 Å². The van der Waals surface area contributed by atoms with Crippen LogP contribution in [0, 0.1) is 0 Å². The van der Waals surface area contributed by atoms with Gasteiger partial charge in [0.15, 0.2) is 16.6 Å². The smallest absolute Gasteiger partial charge is 0.231 e. The van der Waals surface area contributed by atoms with Crippen LogP contribution in [-0.2, 0) is 16.1 Å². The molecule has 0 bridgehead atoms. The number of hydrogen-bond donors (Lipinski definition) is 1. The van der Waals surface area contributed by atoms with Gasteiger partial charge in [0.2, 0.25) is 18.6 Å². The van der Waals surface area contributed by atoms with Crippen LogP contribution in [0.2, 0.25) is 0 Å². The van der Waals surface area contributed by atoms with Crippen LogP contribution < -0.4 is 14.8 Å². The number of hydrogen-bond acceptors (Lipinski definition) is 7. The van der Waals surface area contributed by atoms with E-state index in [4.69, 9.17) is 9.47 Å². The minimum Gasteiger partial charge on any atom is -0.454 e. The van der Waals surface area contributed by atoms with E-state index in [0.717, 1.165) is 11.4 Å². The second-order valence-corrected chi connectivity index (χ2v) is 6.07. The fraction of sp³-hybridized carbons (Fsp3) is 0.267. The van der Waals surface area contributed by atoms with Crippen LogP contribution in [0.15, 0.2) is 23.6 Å². The normalized spacial score (nSPS) is 15.6. The maximum absolute atomic E-state index is 11.6. The number of aromatic nitrogens is 1. The summed E-state index contributed by atoms with van der Waals surface area (Å²) >= 11 is 1.42. The molecule has 2 aromatic rings. The summed E-state index contributed by atoms with van der Waals surface area (Å²) < 4.78 is 10.6. The molecule has 0 spiro atoms. The van der Waals surface area contributed by atoms with Crippen molar-refractivity contribution in [3.63, 3.8) is 0 Å². The molecular weight excluding hydrogens is 354 g/mol. The van der Waals surface area contributed by atoms with Crippen LogP contribution in [0.5, 0.6) is 11.5 Å². The highest BCUT2D eigenvalue weighted by Crippen LogP contribution is 2.35. The first-order valence-corrected chi connectivity index (χ1v) is 8.01. The van der Waals surface area contributed by atoms with E-state index < -0.39 is 0 Å². The number of imide groups is 1. The third-order valence-electron chi connectivity index (χ3n) is 3.65. The number of anilines is 2. The molecule has 0 unspecified atom stereocenters. The summed E-state index contributed by atoms with van der Waals surface area (Å²) in [6, 6.07) is 5.56. The Morgan fingerprint density at radius 1 is 1.17 bits per heavy atom. The van der Waals surface area contributed by atoms with Crippen molar-refractivity contribution in [1.82, 2.24) is 9.88 Å². The zero-order valence-electron chi connectivity index (χ0n) is 12.5. The van der Waals surface area contributed by atoms with E-state index in [9.17, 15) is 9.59 Å². The average Bonchev–Trinajstić information content (AvgIpc) is 3.24. The molecule has 1 saturated heterocycles. The number of amides is 2. The Balaban J connectivity index is 0.00000169. The van der Waals surface area contributed by atoms with Crippen molar-refractivity contribution in [2.24, 2.45) is 0 Å². The lowest BCUT2D eigenvalue weighted by atomic mass is 10.3. The largest absolute Gasteiger partial charge is 0.454 e. The number of nitrogens with zero attached hydrogens (tertiary/aromatic N) is 2. The predicted octanol–water partition coefficient (Wildman–Crippen LogP) is 2.69. The summed E-state index contributed by atoms with van der Waals surface area (Å²) in [6.07, 6.45) is 0.594. The second kappa shape index (κ2) is 6.66. The van der Waals surface area contributed by atoms with E-state index in [0.29, 0.717) is 29.4 Å². The first-order valence-electron chi connectivity index (χ1n) is 7.13. The van der Waals surface area contributed by atoms with E-state index in [1.807, 2.05) is 23.6 Å². The van der Waals surface area contributed by atoms with Crippen molar-refractivity contribution < 1.29 is 19.1 Å². The van der Waals surface area contributed by atoms with E-state index >= 15 is 0 Å². The summed E-state index contributed by atoms with van der Waals surface area (Å²) in [5, 5.41) is 5.72. The summed E-state index contributed by atoms with van der Waals surface area (Å²) in [4.78, 5) is 29.0. The zero-order valence-corrected chi connectivity index (χ0v) is 14.1. The predicted molar refractivity (Wildman–Crippen MR) is 90.0 cm³/mol. The Bertz CT molecular complexity index is 779. The average molecular weight is 368 g/mol. The van der Waals surface area contributed by atoms with Gasteiger partial charge in [-0.05, 0) is 12.1 Å². The molecule has 24 heavy (non-hydrogen) atoms. The number of fused-ring (bicyclic) bond motifs is 1. The Labute approximate surface area is 148 Å². The standard InChI is InChI=1S/C15H13N3O4S.ClH/c19-13-3-4-14(20)18(13)6-10-7-23-15(17-10)16-9-1-2-11-12(5-9)22-8-21-11;/h1-2,5,7H,3-4,6,8H2,(H,16,17);1H. The van der Waals surface area contributed by atoms with E-state index in [-0.39, 0.29) is 37.6 Å². The Morgan fingerprint density at radius 2 is 1.92 bits per heavy atom. The van der Waals surface area contributed by atoms with Crippen molar-refractivity contribution in [2.75, 3.05) is 12.1 Å². The summed E-state index contributed by atoms with van der Waals surface area (Å²) in [5.41, 5.74) is 1.53. The maximum atomic E-state index is 11.6. The van der Waals surface area contributed by atoms with Gasteiger partial charge < -0.3 is 14.8 Å². The lowest BCUT2D eigenvalue weighted by molar-refractivity contribution is -0.139. The topological polar surface area (TPSA) is 80.8 Å². The van der Waals surface area contributed by atoms with Crippen LogP contribution in [0.3, 0.4) is 0 Å². The van der Waals surface area contributed by atoms with Crippen LogP contribution in [0.1, 0.15) is 18.5 Å². The molecule has 1 fully saturated rings. The maximum Gasteiger partial charge on any atom is 0.231 e. The molecule has 126 valence electrons. The third kappa shape index (κ3) is 3.15. The highest BCUT2D eigenvalue weighted by Gasteiger charge is 2.29. The van der Waals surface area contributed by atoms with E-state index in [1.54, 1.807) is 0 Å². The fourth-order valence-electron chi connectivity index (χ4n) is 2.50. The van der Waals surface area contributed by atoms with Gasteiger partial charge in [-0.3, -0.25) is 14.5 Å². The van der Waals surface area contributed by atoms with E-state index in [1.165, 1.54) is 16.2 Å². The molecule has 4 rings (SSSR count). The minimum atomic E-state index is -0.131. The fourth-order valence-corrected chi connectivity index (χ4v) is 3.22. The van der Waals surface area contributed by atoms with Gasteiger partial charge >= 0.3 is 0 Å².